The Morgan fingerprint density at radius 3 is 2.84 bits per heavy atom. The molecule has 0 N–H and O–H groups in total. The largest absolute Gasteiger partial charge is 0.497 e. The molecule has 0 aliphatic carbocycles. The van der Waals surface area contributed by atoms with Crippen LogP contribution in [0.25, 0.3) is 10.2 Å². The number of aryl methyl sites for hydroxylation is 1. The lowest BCUT2D eigenvalue weighted by molar-refractivity contribution is -0.121. The van der Waals surface area contributed by atoms with Crippen LogP contribution in [0.3, 0.4) is 0 Å². The maximum atomic E-state index is 13.4. The van der Waals surface area contributed by atoms with E-state index in [1.807, 2.05) is 55.3 Å². The van der Waals surface area contributed by atoms with E-state index in [9.17, 15) is 4.79 Å². The number of hydrogen-bond acceptors (Lipinski definition) is 8. The van der Waals surface area contributed by atoms with E-state index in [-0.39, 0.29) is 5.91 Å². The number of thiazole rings is 1. The molecular weight excluding hydrogens is 460 g/mol. The minimum Gasteiger partial charge on any atom is -0.497 e. The second-order valence-electron chi connectivity index (χ2n) is 7.21. The Morgan fingerprint density at radius 1 is 1.22 bits per heavy atom. The number of carbonyl (C=O) groups excluding carboxylic acids is 1. The van der Waals surface area contributed by atoms with Crippen LogP contribution in [0.5, 0.6) is 5.75 Å². The third-order valence-corrected chi connectivity index (χ3v) is 8.49. The van der Waals surface area contributed by atoms with Crippen LogP contribution in [0.2, 0.25) is 0 Å². The zero-order chi connectivity index (χ0) is 22.4. The number of ether oxygens (including phenoxy) is 1. The van der Waals surface area contributed by atoms with Crippen LogP contribution in [-0.2, 0) is 4.79 Å². The van der Waals surface area contributed by atoms with Gasteiger partial charge in [-0.1, -0.05) is 17.8 Å². The molecular formula is C23H20N4O2S3. The number of anilines is 1. The lowest BCUT2D eigenvalue weighted by Gasteiger charge is -2.15. The van der Waals surface area contributed by atoms with Gasteiger partial charge in [-0.3, -0.25) is 9.69 Å². The molecule has 1 amide bonds. The molecule has 6 nitrogen and oxygen atoms in total. The van der Waals surface area contributed by atoms with Crippen molar-refractivity contribution in [3.8, 4) is 5.75 Å². The minimum atomic E-state index is -0.0617. The highest BCUT2D eigenvalue weighted by Crippen LogP contribution is 2.51. The van der Waals surface area contributed by atoms with E-state index in [0.29, 0.717) is 16.6 Å². The number of methoxy groups -OCH3 is 1. The Hall–Kier alpha value is -2.75. The van der Waals surface area contributed by atoms with Crippen molar-refractivity contribution in [3.63, 3.8) is 0 Å². The molecule has 0 atom stereocenters. The summed E-state index contributed by atoms with van der Waals surface area (Å²) in [6.07, 6.45) is 1.72. The molecule has 0 spiro atoms. The van der Waals surface area contributed by atoms with Gasteiger partial charge in [0.2, 0.25) is 0 Å². The Kier molecular flexibility index (Phi) is 5.48. The average Bonchev–Trinajstić information content (AvgIpc) is 3.41. The summed E-state index contributed by atoms with van der Waals surface area (Å²) in [6.45, 7) is 6.21. The molecule has 9 heteroatoms. The maximum absolute atomic E-state index is 13.4. The molecule has 2 aliphatic heterocycles. The van der Waals surface area contributed by atoms with Crippen molar-refractivity contribution in [2.24, 2.45) is 4.99 Å². The molecule has 2 aliphatic rings. The number of benzene rings is 2. The summed E-state index contributed by atoms with van der Waals surface area (Å²) in [5, 5.41) is 2.56. The fourth-order valence-corrected chi connectivity index (χ4v) is 6.71. The number of aliphatic imine (C=N–C) groups is 1. The summed E-state index contributed by atoms with van der Waals surface area (Å²) in [5.41, 5.74) is 2.72. The summed E-state index contributed by atoms with van der Waals surface area (Å²) in [4.78, 5) is 28.2. The van der Waals surface area contributed by atoms with Crippen LogP contribution in [-0.4, -0.2) is 41.7 Å². The van der Waals surface area contributed by atoms with Crippen LogP contribution in [0.4, 0.5) is 11.4 Å². The molecule has 0 bridgehead atoms. The predicted molar refractivity (Wildman–Crippen MR) is 135 cm³/mol. The zero-order valence-electron chi connectivity index (χ0n) is 17.8. The first kappa shape index (κ1) is 21.1. The molecule has 0 unspecified atom stereocenters. The van der Waals surface area contributed by atoms with E-state index in [1.54, 1.807) is 41.2 Å². The van der Waals surface area contributed by atoms with E-state index in [2.05, 4.69) is 11.6 Å². The van der Waals surface area contributed by atoms with Gasteiger partial charge in [0, 0.05) is 24.6 Å². The van der Waals surface area contributed by atoms with Gasteiger partial charge in [-0.05, 0) is 49.0 Å². The van der Waals surface area contributed by atoms with E-state index in [4.69, 9.17) is 9.73 Å². The van der Waals surface area contributed by atoms with Crippen molar-refractivity contribution in [2.45, 2.75) is 11.8 Å². The van der Waals surface area contributed by atoms with Gasteiger partial charge in [0.1, 0.15) is 10.7 Å². The number of aromatic nitrogens is 1. The summed E-state index contributed by atoms with van der Waals surface area (Å²) < 4.78 is 6.50. The molecule has 32 heavy (non-hydrogen) atoms. The summed E-state index contributed by atoms with van der Waals surface area (Å²) in [5.74, 6) is 0.726. The van der Waals surface area contributed by atoms with Crippen molar-refractivity contribution >= 4 is 67.5 Å². The van der Waals surface area contributed by atoms with Gasteiger partial charge < -0.3 is 9.64 Å². The van der Waals surface area contributed by atoms with E-state index >= 15 is 0 Å². The Balaban J connectivity index is 1.53. The molecule has 3 aromatic rings. The highest BCUT2D eigenvalue weighted by Gasteiger charge is 2.38. The van der Waals surface area contributed by atoms with Gasteiger partial charge >= 0.3 is 0 Å². The summed E-state index contributed by atoms with van der Waals surface area (Å²) in [7, 11) is 3.62. The van der Waals surface area contributed by atoms with Crippen LogP contribution >= 0.6 is 34.9 Å². The highest BCUT2D eigenvalue weighted by atomic mass is 32.2. The number of amides is 1. The van der Waals surface area contributed by atoms with E-state index < -0.39 is 0 Å². The standard InChI is InChI=1S/C23H20N4O2S3/c1-5-10-27-21(28)20(22-26(3)17-12-15(29-4)7-9-19(17)31-22)32-23(27)25-14-6-8-18-16(11-14)24-13(2)30-18/h5-9,11-12H,1,10H2,2-4H3. The number of nitrogens with zero attached hydrogens (tertiary/aromatic N) is 4. The Bertz CT molecular complexity index is 1330. The first-order chi connectivity index (χ1) is 15.5. The molecule has 0 saturated carbocycles. The molecule has 3 heterocycles. The lowest BCUT2D eigenvalue weighted by Crippen LogP contribution is -2.29. The van der Waals surface area contributed by atoms with Crippen molar-refractivity contribution in [1.29, 1.82) is 0 Å². The predicted octanol–water partition coefficient (Wildman–Crippen LogP) is 5.77. The fraction of sp³-hybridized carbons (Fsp3) is 0.174. The second kappa shape index (κ2) is 8.31. The van der Waals surface area contributed by atoms with Gasteiger partial charge in [0.25, 0.3) is 5.91 Å². The third kappa shape index (κ3) is 3.60. The van der Waals surface area contributed by atoms with Crippen molar-refractivity contribution < 1.29 is 9.53 Å². The summed E-state index contributed by atoms with van der Waals surface area (Å²) >= 11 is 4.65. The maximum Gasteiger partial charge on any atom is 0.269 e. The highest BCUT2D eigenvalue weighted by molar-refractivity contribution is 8.19. The number of carbonyl (C=O) groups is 1. The Labute approximate surface area is 198 Å². The zero-order valence-corrected chi connectivity index (χ0v) is 20.2. The van der Waals surface area contributed by atoms with Crippen molar-refractivity contribution in [3.05, 3.63) is 64.0 Å². The molecule has 1 saturated heterocycles. The molecule has 162 valence electrons. The SMILES string of the molecule is C=CCN1C(=O)C(=C2Sc3ccc(OC)cc3N2C)SC1=Nc1ccc2sc(C)nc2c1. The topological polar surface area (TPSA) is 58.0 Å². The first-order valence-corrected chi connectivity index (χ1v) is 12.3. The third-order valence-electron chi connectivity index (χ3n) is 5.11. The van der Waals surface area contributed by atoms with Crippen LogP contribution in [0.15, 0.2) is 68.9 Å². The van der Waals surface area contributed by atoms with Gasteiger partial charge in [-0.15, -0.1) is 17.9 Å². The van der Waals surface area contributed by atoms with Gasteiger partial charge in [0.15, 0.2) is 5.17 Å². The fourth-order valence-electron chi connectivity index (χ4n) is 3.57. The quantitative estimate of drug-likeness (QED) is 0.349. The van der Waals surface area contributed by atoms with Crippen LogP contribution in [0, 0.1) is 6.92 Å². The number of fused-ring (bicyclic) bond motifs is 2. The second-order valence-corrected chi connectivity index (χ2v) is 10.5. The van der Waals surface area contributed by atoms with Crippen molar-refractivity contribution in [1.82, 2.24) is 9.88 Å². The first-order valence-electron chi connectivity index (χ1n) is 9.89. The van der Waals surface area contributed by atoms with Crippen LogP contribution < -0.4 is 9.64 Å². The smallest absolute Gasteiger partial charge is 0.269 e. The van der Waals surface area contributed by atoms with E-state index in [0.717, 1.165) is 42.3 Å². The monoisotopic (exact) mass is 480 g/mol. The van der Waals surface area contributed by atoms with Crippen LogP contribution in [0.1, 0.15) is 5.01 Å². The number of hydrogen-bond donors (Lipinski definition) is 0. The number of rotatable bonds is 4. The Morgan fingerprint density at radius 2 is 2.06 bits per heavy atom. The molecule has 2 aromatic carbocycles. The van der Waals surface area contributed by atoms with Gasteiger partial charge in [0.05, 0.1) is 38.7 Å². The molecule has 1 fully saturated rings. The molecule has 5 rings (SSSR count). The normalized spacial score (nSPS) is 19.3. The molecule has 1 aromatic heterocycles. The molecule has 0 radical (unpaired) electrons. The van der Waals surface area contributed by atoms with Crippen molar-refractivity contribution in [2.75, 3.05) is 25.6 Å². The number of amidine groups is 1. The summed E-state index contributed by atoms with van der Waals surface area (Å²) in [6, 6.07) is 11.9. The minimum absolute atomic E-state index is 0.0617. The lowest BCUT2D eigenvalue weighted by atomic mass is 10.3. The van der Waals surface area contributed by atoms with Gasteiger partial charge in [-0.2, -0.15) is 0 Å². The average molecular weight is 481 g/mol. The van der Waals surface area contributed by atoms with E-state index in [1.165, 1.54) is 11.8 Å². The number of thioether (sulfide) groups is 2. The van der Waals surface area contributed by atoms with Gasteiger partial charge in [-0.25, -0.2) is 9.98 Å².